The molecule has 0 spiro atoms. The minimum atomic E-state index is -4.90. The average molecular weight is 261 g/mol. The Morgan fingerprint density at radius 3 is 2.07 bits per heavy atom. The molecule has 0 amide bonds. The van der Waals surface area contributed by atoms with E-state index in [4.69, 9.17) is 28.9 Å². The maximum atomic E-state index is 12.3. The summed E-state index contributed by atoms with van der Waals surface area (Å²) >= 11 is 9.97. The fourth-order valence-electron chi connectivity index (χ4n) is 0.635. The van der Waals surface area contributed by atoms with Gasteiger partial charge in [-0.3, -0.25) is 4.79 Å². The van der Waals surface area contributed by atoms with Crippen molar-refractivity contribution < 1.29 is 18.0 Å². The van der Waals surface area contributed by atoms with Gasteiger partial charge in [0.2, 0.25) is 0 Å². The first-order valence-electron chi connectivity index (χ1n) is 3.32. The molecule has 0 aliphatic carbocycles. The van der Waals surface area contributed by atoms with E-state index in [1.807, 2.05) is 0 Å². The average Bonchev–Trinajstić information content (AvgIpc) is 2.00. The Labute approximate surface area is 93.0 Å². The maximum Gasteiger partial charge on any atom is 0.434 e. The van der Waals surface area contributed by atoms with Gasteiger partial charge in [-0.25, -0.2) is 4.99 Å². The maximum absolute atomic E-state index is 12.3. The number of alkyl halides is 3. The van der Waals surface area contributed by atoms with Gasteiger partial charge in [-0.15, -0.1) is 0 Å². The van der Waals surface area contributed by atoms with Crippen LogP contribution in [0.25, 0.3) is 0 Å². The molecule has 0 saturated heterocycles. The highest BCUT2D eigenvalue weighted by Gasteiger charge is 2.40. The minimum absolute atomic E-state index is 0.404. The molecule has 2 N–H and O–H groups in total. The van der Waals surface area contributed by atoms with Crippen molar-refractivity contribution in [1.29, 1.82) is 0 Å². The molecule has 0 atom stereocenters. The molecule has 0 saturated carbocycles. The van der Waals surface area contributed by atoms with Gasteiger partial charge in [-0.2, -0.15) is 13.2 Å². The first-order chi connectivity index (χ1) is 6.70. The number of rotatable bonds is 3. The van der Waals surface area contributed by atoms with Crippen LogP contribution in [0.4, 0.5) is 13.2 Å². The predicted octanol–water partition coefficient (Wildman–Crippen LogP) is 2.31. The van der Waals surface area contributed by atoms with Crippen molar-refractivity contribution in [2.75, 3.05) is 0 Å². The number of aliphatic imine (C=N–C) groups is 1. The summed E-state index contributed by atoms with van der Waals surface area (Å²) in [7, 11) is 0. The van der Waals surface area contributed by atoms with E-state index in [1.165, 1.54) is 0 Å². The van der Waals surface area contributed by atoms with E-state index in [1.54, 1.807) is 0 Å². The molecule has 0 bridgehead atoms. The standard InChI is InChI=1S/C7H5Cl2F3N2O/c1-3(8)14-5(7(10,11)12)4(2-13)6(9)15/h2H,1,13H2/b4-2+,14-5?. The summed E-state index contributed by atoms with van der Waals surface area (Å²) in [6.45, 7) is 2.94. The molecule has 84 valence electrons. The molecule has 0 aromatic rings. The zero-order valence-electron chi connectivity index (χ0n) is 7.11. The minimum Gasteiger partial charge on any atom is -0.404 e. The number of allylic oxidation sites excluding steroid dienone is 1. The Hall–Kier alpha value is -1.01. The predicted molar refractivity (Wildman–Crippen MR) is 51.6 cm³/mol. The lowest BCUT2D eigenvalue weighted by Crippen LogP contribution is -2.28. The van der Waals surface area contributed by atoms with Gasteiger partial charge in [0.25, 0.3) is 5.24 Å². The van der Waals surface area contributed by atoms with Crippen molar-refractivity contribution in [1.82, 2.24) is 0 Å². The summed E-state index contributed by atoms with van der Waals surface area (Å²) < 4.78 is 37.0. The van der Waals surface area contributed by atoms with Crippen LogP contribution in [0.2, 0.25) is 0 Å². The van der Waals surface area contributed by atoms with Crippen LogP contribution in [0.1, 0.15) is 0 Å². The van der Waals surface area contributed by atoms with Crippen LogP contribution in [-0.2, 0) is 4.79 Å². The van der Waals surface area contributed by atoms with E-state index in [0.717, 1.165) is 0 Å². The van der Waals surface area contributed by atoms with Gasteiger partial charge < -0.3 is 5.73 Å². The number of carbonyl (C=O) groups excluding carboxylic acids is 1. The molecule has 0 aliphatic heterocycles. The second-order valence-corrected chi connectivity index (χ2v) is 2.97. The highest BCUT2D eigenvalue weighted by molar-refractivity contribution is 6.71. The molecule has 0 unspecified atom stereocenters. The number of halogens is 5. The topological polar surface area (TPSA) is 55.4 Å². The Morgan fingerprint density at radius 1 is 1.40 bits per heavy atom. The molecule has 15 heavy (non-hydrogen) atoms. The number of nitrogens with two attached hydrogens (primary N) is 1. The Balaban J connectivity index is 5.51. The lowest BCUT2D eigenvalue weighted by atomic mass is 10.2. The van der Waals surface area contributed by atoms with Gasteiger partial charge in [-0.05, 0) is 11.6 Å². The quantitative estimate of drug-likeness (QED) is 0.367. The zero-order chi connectivity index (χ0) is 12.2. The third-order valence-electron chi connectivity index (χ3n) is 1.14. The molecule has 0 heterocycles. The van der Waals surface area contributed by atoms with Gasteiger partial charge >= 0.3 is 6.18 Å². The van der Waals surface area contributed by atoms with Crippen LogP contribution in [0, 0.1) is 0 Å². The molecular formula is C7H5Cl2F3N2O. The molecule has 3 nitrogen and oxygen atoms in total. The second kappa shape index (κ2) is 5.18. The monoisotopic (exact) mass is 260 g/mol. The van der Waals surface area contributed by atoms with Gasteiger partial charge in [-0.1, -0.05) is 18.2 Å². The first kappa shape index (κ1) is 14.0. The van der Waals surface area contributed by atoms with Gasteiger partial charge in [0.05, 0.1) is 5.57 Å². The second-order valence-electron chi connectivity index (χ2n) is 2.19. The normalized spacial score (nSPS) is 13.9. The summed E-state index contributed by atoms with van der Waals surface area (Å²) in [5.74, 6) is 0. The lowest BCUT2D eigenvalue weighted by molar-refractivity contribution is -0.108. The first-order valence-corrected chi connectivity index (χ1v) is 4.08. The van der Waals surface area contributed by atoms with E-state index in [2.05, 4.69) is 11.6 Å². The fraction of sp³-hybridized carbons (Fsp3) is 0.143. The van der Waals surface area contributed by atoms with E-state index in [9.17, 15) is 18.0 Å². The van der Waals surface area contributed by atoms with E-state index in [-0.39, 0.29) is 0 Å². The number of carbonyl (C=O) groups is 1. The number of hydrogen-bond donors (Lipinski definition) is 1. The van der Waals surface area contributed by atoms with E-state index < -0.39 is 27.9 Å². The fourth-order valence-corrected chi connectivity index (χ4v) is 0.872. The number of nitrogens with zero attached hydrogens (tertiary/aromatic N) is 1. The van der Waals surface area contributed by atoms with Crippen molar-refractivity contribution in [3.05, 3.63) is 23.5 Å². The third-order valence-corrected chi connectivity index (χ3v) is 1.42. The smallest absolute Gasteiger partial charge is 0.404 e. The molecular weight excluding hydrogens is 256 g/mol. The molecule has 8 heteroatoms. The zero-order valence-corrected chi connectivity index (χ0v) is 8.62. The summed E-state index contributed by atoms with van der Waals surface area (Å²) in [5.41, 5.74) is 2.27. The largest absolute Gasteiger partial charge is 0.434 e. The Bertz CT molecular complexity index is 347. The van der Waals surface area contributed by atoms with Crippen LogP contribution in [0.15, 0.2) is 28.5 Å². The molecule has 0 aromatic carbocycles. The van der Waals surface area contributed by atoms with Crippen LogP contribution < -0.4 is 5.73 Å². The summed E-state index contributed by atoms with van der Waals surface area (Å²) in [4.78, 5) is 13.5. The highest BCUT2D eigenvalue weighted by atomic mass is 35.5. The van der Waals surface area contributed by atoms with Crippen molar-refractivity contribution in [2.24, 2.45) is 10.7 Å². The Kier molecular flexibility index (Phi) is 4.83. The van der Waals surface area contributed by atoms with Gasteiger partial charge in [0.15, 0.2) is 5.71 Å². The SMILES string of the molecule is C=C(Cl)N=C(/C(=C\N)C(=O)Cl)C(F)(F)F. The molecule has 0 fully saturated rings. The molecule has 0 radical (unpaired) electrons. The lowest BCUT2D eigenvalue weighted by Gasteiger charge is -2.10. The molecule has 0 aromatic heterocycles. The van der Waals surface area contributed by atoms with E-state index >= 15 is 0 Å². The summed E-state index contributed by atoms with van der Waals surface area (Å²) in [6.07, 6.45) is -4.49. The summed E-state index contributed by atoms with van der Waals surface area (Å²) in [6, 6.07) is 0. The Morgan fingerprint density at radius 2 is 1.87 bits per heavy atom. The van der Waals surface area contributed by atoms with Crippen LogP contribution in [-0.4, -0.2) is 17.1 Å². The van der Waals surface area contributed by atoms with Crippen LogP contribution in [0.5, 0.6) is 0 Å². The van der Waals surface area contributed by atoms with Crippen molar-refractivity contribution in [3.63, 3.8) is 0 Å². The van der Waals surface area contributed by atoms with Crippen molar-refractivity contribution in [2.45, 2.75) is 6.18 Å². The third kappa shape index (κ3) is 4.35. The van der Waals surface area contributed by atoms with Crippen molar-refractivity contribution in [3.8, 4) is 0 Å². The number of hydrogen-bond acceptors (Lipinski definition) is 3. The molecule has 0 rings (SSSR count). The van der Waals surface area contributed by atoms with Crippen LogP contribution >= 0.6 is 23.2 Å². The van der Waals surface area contributed by atoms with Gasteiger partial charge in [0, 0.05) is 6.20 Å². The molecule has 0 aliphatic rings. The van der Waals surface area contributed by atoms with Crippen molar-refractivity contribution >= 4 is 34.2 Å². The van der Waals surface area contributed by atoms with Gasteiger partial charge in [0.1, 0.15) is 5.16 Å². The van der Waals surface area contributed by atoms with E-state index in [0.29, 0.717) is 6.20 Å². The highest BCUT2D eigenvalue weighted by Crippen LogP contribution is 2.24. The summed E-state index contributed by atoms with van der Waals surface area (Å²) in [5, 5.41) is -2.02. The van der Waals surface area contributed by atoms with Crippen LogP contribution in [0.3, 0.4) is 0 Å².